The largest absolute Gasteiger partial charge is 0.298 e. The van der Waals surface area contributed by atoms with Crippen LogP contribution in [0.4, 0.5) is 0 Å². The summed E-state index contributed by atoms with van der Waals surface area (Å²) in [6.07, 6.45) is 0.884. The fraction of sp³-hybridized carbons (Fsp3) is 0.200. The van der Waals surface area contributed by atoms with Crippen molar-refractivity contribution >= 4 is 9.94 Å². The molecule has 2 nitrogen and oxygen atoms in total. The molecule has 0 N–H and O–H groups in total. The average molecular weight is 259 g/mol. The van der Waals surface area contributed by atoms with E-state index in [-0.39, 0.29) is 0 Å². The average Bonchev–Trinajstić information content (AvgIpc) is 2.46. The highest BCUT2D eigenvalue weighted by atomic mass is 32.2. The first kappa shape index (κ1) is 12.9. The third-order valence-corrected chi connectivity index (χ3v) is 4.91. The zero-order valence-electron chi connectivity index (χ0n) is 10.5. The van der Waals surface area contributed by atoms with Gasteiger partial charge >= 0.3 is 0 Å². The van der Waals surface area contributed by atoms with Crippen LogP contribution in [-0.4, -0.2) is 6.61 Å². The highest BCUT2D eigenvalue weighted by Gasteiger charge is 2.20. The second-order valence-electron chi connectivity index (χ2n) is 3.97. The molecule has 2 rings (SSSR count). The lowest BCUT2D eigenvalue weighted by Crippen LogP contribution is -1.96. The molecule has 0 heterocycles. The quantitative estimate of drug-likeness (QED) is 0.781. The molecule has 0 saturated heterocycles. The van der Waals surface area contributed by atoms with Crippen molar-refractivity contribution in [1.29, 1.82) is 4.61 Å². The summed E-state index contributed by atoms with van der Waals surface area (Å²) in [5, 5.41) is 0. The maximum Gasteiger partial charge on any atom is 0.0967 e. The van der Waals surface area contributed by atoms with E-state index in [2.05, 4.69) is 0 Å². The summed E-state index contributed by atoms with van der Waals surface area (Å²) in [5.41, 5.74) is 0. The number of rotatable bonds is 2. The Morgan fingerprint density at radius 1 is 0.889 bits per heavy atom. The lowest BCUT2D eigenvalue weighted by molar-refractivity contribution is 0.360. The summed E-state index contributed by atoms with van der Waals surface area (Å²) in [5.74, 6) is 0. The SMILES string of the molecule is CCCOS(#N)(c1ccccc1)c1ccccc1. The van der Waals surface area contributed by atoms with Crippen LogP contribution in [0.1, 0.15) is 13.3 Å². The Kier molecular flexibility index (Phi) is 4.21. The van der Waals surface area contributed by atoms with Gasteiger partial charge < -0.3 is 0 Å². The van der Waals surface area contributed by atoms with Crippen molar-refractivity contribution in [2.45, 2.75) is 23.1 Å². The molecular weight excluding hydrogens is 242 g/mol. The van der Waals surface area contributed by atoms with Crippen molar-refractivity contribution in [3.63, 3.8) is 0 Å². The molecule has 0 bridgehead atoms. The molecule has 0 amide bonds. The predicted molar refractivity (Wildman–Crippen MR) is 75.0 cm³/mol. The van der Waals surface area contributed by atoms with Crippen molar-refractivity contribution in [3.05, 3.63) is 60.7 Å². The van der Waals surface area contributed by atoms with Crippen LogP contribution in [-0.2, 0) is 4.18 Å². The molecular formula is C15H17NOS. The molecule has 2 aromatic carbocycles. The van der Waals surface area contributed by atoms with Gasteiger partial charge in [0.2, 0.25) is 0 Å². The monoisotopic (exact) mass is 259 g/mol. The number of hydrogen-bond acceptors (Lipinski definition) is 2. The number of nitrogens with zero attached hydrogens (tertiary/aromatic N) is 1. The Bertz CT molecular complexity index is 538. The minimum absolute atomic E-state index is 0.551. The van der Waals surface area contributed by atoms with Crippen LogP contribution in [0.15, 0.2) is 70.5 Å². The van der Waals surface area contributed by atoms with Gasteiger partial charge in [-0.15, -0.1) is 0 Å². The zero-order chi connectivity index (χ0) is 12.8. The molecule has 18 heavy (non-hydrogen) atoms. The van der Waals surface area contributed by atoms with Crippen LogP contribution in [0.2, 0.25) is 0 Å². The molecule has 0 aliphatic heterocycles. The molecule has 94 valence electrons. The summed E-state index contributed by atoms with van der Waals surface area (Å²) in [7, 11) is -2.36. The molecule has 0 spiro atoms. The summed E-state index contributed by atoms with van der Waals surface area (Å²) in [6, 6.07) is 19.2. The van der Waals surface area contributed by atoms with Gasteiger partial charge in [-0.1, -0.05) is 43.3 Å². The first-order valence-electron chi connectivity index (χ1n) is 6.07. The first-order chi connectivity index (χ1) is 8.77. The van der Waals surface area contributed by atoms with Gasteiger partial charge in [-0.25, -0.2) is 0 Å². The van der Waals surface area contributed by atoms with E-state index in [0.717, 1.165) is 16.2 Å². The second-order valence-corrected chi connectivity index (χ2v) is 6.20. The molecule has 0 aliphatic carbocycles. The van der Waals surface area contributed by atoms with E-state index < -0.39 is 9.94 Å². The smallest absolute Gasteiger partial charge is 0.0967 e. The third kappa shape index (κ3) is 2.65. The standard InChI is InChI=1S/C15H17NOS/c1-2-13-17-18(16,14-9-5-3-6-10-14)15-11-7-4-8-12-15/h3-12H,2,13H2,1H3. The molecule has 0 atom stereocenters. The summed E-state index contributed by atoms with van der Waals surface area (Å²) >= 11 is 0. The topological polar surface area (TPSA) is 33.0 Å². The molecule has 3 heteroatoms. The molecule has 2 aromatic rings. The molecule has 0 saturated carbocycles. The van der Waals surface area contributed by atoms with E-state index >= 15 is 0 Å². The van der Waals surface area contributed by atoms with Gasteiger partial charge in [-0.2, -0.15) is 4.61 Å². The van der Waals surface area contributed by atoms with E-state index in [1.54, 1.807) is 0 Å². The van der Waals surface area contributed by atoms with Crippen LogP contribution in [0, 0.1) is 4.61 Å². The molecule has 0 unspecified atom stereocenters. The van der Waals surface area contributed by atoms with Crippen molar-refractivity contribution in [2.24, 2.45) is 0 Å². The van der Waals surface area contributed by atoms with Gasteiger partial charge in [0.1, 0.15) is 0 Å². The van der Waals surface area contributed by atoms with Gasteiger partial charge in [-0.3, -0.25) is 4.18 Å². The van der Waals surface area contributed by atoms with E-state index in [9.17, 15) is 4.61 Å². The molecule has 0 aliphatic rings. The van der Waals surface area contributed by atoms with Crippen LogP contribution >= 0.6 is 9.94 Å². The van der Waals surface area contributed by atoms with Gasteiger partial charge in [-0.05, 0) is 30.7 Å². The van der Waals surface area contributed by atoms with Crippen LogP contribution < -0.4 is 0 Å². The lowest BCUT2D eigenvalue weighted by Gasteiger charge is -2.20. The lowest BCUT2D eigenvalue weighted by atomic mass is 10.4. The first-order valence-corrected chi connectivity index (χ1v) is 7.59. The molecule has 0 aromatic heterocycles. The minimum Gasteiger partial charge on any atom is -0.298 e. The van der Waals surface area contributed by atoms with Gasteiger partial charge in [0, 0.05) is 0 Å². The Morgan fingerprint density at radius 3 is 1.72 bits per heavy atom. The third-order valence-electron chi connectivity index (χ3n) is 2.58. The Morgan fingerprint density at radius 2 is 1.33 bits per heavy atom. The Hall–Kier alpha value is -1.54. The van der Waals surface area contributed by atoms with Crippen molar-refractivity contribution in [1.82, 2.24) is 0 Å². The summed E-state index contributed by atoms with van der Waals surface area (Å²) in [4.78, 5) is 1.68. The van der Waals surface area contributed by atoms with E-state index in [1.165, 1.54) is 0 Å². The minimum atomic E-state index is -2.36. The number of benzene rings is 2. The molecule has 0 radical (unpaired) electrons. The van der Waals surface area contributed by atoms with Crippen molar-refractivity contribution < 1.29 is 4.18 Å². The van der Waals surface area contributed by atoms with E-state index in [4.69, 9.17) is 4.18 Å². The maximum absolute atomic E-state index is 10.9. The maximum atomic E-state index is 10.9. The van der Waals surface area contributed by atoms with Gasteiger partial charge in [0.15, 0.2) is 0 Å². The van der Waals surface area contributed by atoms with E-state index in [1.807, 2.05) is 67.6 Å². The highest BCUT2D eigenvalue weighted by Crippen LogP contribution is 2.50. The van der Waals surface area contributed by atoms with Crippen LogP contribution in [0.5, 0.6) is 0 Å². The van der Waals surface area contributed by atoms with Gasteiger partial charge in [0.25, 0.3) is 0 Å². The predicted octanol–water partition coefficient (Wildman–Crippen LogP) is 4.73. The Labute approximate surface area is 109 Å². The zero-order valence-corrected chi connectivity index (χ0v) is 11.3. The summed E-state index contributed by atoms with van der Waals surface area (Å²) in [6.45, 7) is 2.59. The Balaban J connectivity index is 2.46. The van der Waals surface area contributed by atoms with Crippen LogP contribution in [0.25, 0.3) is 0 Å². The van der Waals surface area contributed by atoms with Crippen LogP contribution in [0.3, 0.4) is 0 Å². The normalized spacial score (nSPS) is 11.3. The van der Waals surface area contributed by atoms with Crippen molar-refractivity contribution in [3.8, 4) is 0 Å². The fourth-order valence-corrected chi connectivity index (χ4v) is 3.69. The van der Waals surface area contributed by atoms with Crippen molar-refractivity contribution in [2.75, 3.05) is 6.61 Å². The number of hydrogen-bond donors (Lipinski definition) is 0. The summed E-state index contributed by atoms with van der Waals surface area (Å²) < 4.78 is 16.7. The van der Waals surface area contributed by atoms with E-state index in [0.29, 0.717) is 6.61 Å². The fourth-order valence-electron chi connectivity index (χ4n) is 1.69. The second kappa shape index (κ2) is 5.87. The highest BCUT2D eigenvalue weighted by molar-refractivity contribution is 8.17. The molecule has 0 fully saturated rings. The van der Waals surface area contributed by atoms with Gasteiger partial charge in [0.05, 0.1) is 26.3 Å².